The van der Waals surface area contributed by atoms with E-state index in [1.165, 1.54) is 14.7 Å². The molecule has 2 heterocycles. The van der Waals surface area contributed by atoms with Crippen LogP contribution >= 0.6 is 23.0 Å². The molecule has 0 saturated carbocycles. The van der Waals surface area contributed by atoms with Crippen LogP contribution in [-0.2, 0) is 18.1 Å². The first-order chi connectivity index (χ1) is 17.3. The third-order valence-corrected chi connectivity index (χ3v) is 9.56. The zero-order valence-electron chi connectivity index (χ0n) is 20.5. The minimum atomic E-state index is -3.68. The number of rotatable bonds is 8. The fourth-order valence-electron chi connectivity index (χ4n) is 5.18. The number of piperazine rings is 1. The lowest BCUT2D eigenvalue weighted by molar-refractivity contribution is -0.137. The van der Waals surface area contributed by atoms with Crippen LogP contribution in [0.3, 0.4) is 0 Å². The lowest BCUT2D eigenvalue weighted by atomic mass is 10.0. The highest BCUT2D eigenvalue weighted by atomic mass is 127. The van der Waals surface area contributed by atoms with Gasteiger partial charge in [0, 0.05) is 51.4 Å². The van der Waals surface area contributed by atoms with Crippen molar-refractivity contribution in [2.75, 3.05) is 48.5 Å². The molecule has 2 saturated heterocycles. The summed E-state index contributed by atoms with van der Waals surface area (Å²) in [5, 5.41) is 0. The van der Waals surface area contributed by atoms with Crippen LogP contribution in [-0.4, -0.2) is 68.9 Å². The maximum Gasteiger partial charge on any atom is 0.337 e. The molecule has 0 spiro atoms. The van der Waals surface area contributed by atoms with Crippen molar-refractivity contribution in [3.63, 3.8) is 0 Å². The van der Waals surface area contributed by atoms with Crippen molar-refractivity contribution >= 4 is 50.6 Å². The number of hydrogen-bond donors (Lipinski definition) is 0. The first-order valence-corrected chi connectivity index (χ1v) is 14.5. The third-order valence-electron chi connectivity index (χ3n) is 7.10. The summed E-state index contributed by atoms with van der Waals surface area (Å²) in [6.07, 6.45) is 1.48. The summed E-state index contributed by atoms with van der Waals surface area (Å²) in [4.78, 5) is 16.5. The molecular formula is C25H32FIN4O4S. The number of carbonyl (C=O) groups excluding carboxylic acids is 1. The van der Waals surface area contributed by atoms with Crippen molar-refractivity contribution in [2.24, 2.45) is 0 Å². The minimum Gasteiger partial charge on any atom is -0.393 e. The van der Waals surface area contributed by atoms with Gasteiger partial charge >= 0.3 is 16.2 Å². The predicted octanol–water partition coefficient (Wildman–Crippen LogP) is 4.14. The summed E-state index contributed by atoms with van der Waals surface area (Å²) in [6, 6.07) is 13.6. The van der Waals surface area contributed by atoms with Crippen LogP contribution in [0.25, 0.3) is 0 Å². The lowest BCUT2D eigenvalue weighted by Crippen LogP contribution is -2.49. The zero-order valence-corrected chi connectivity index (χ0v) is 23.5. The van der Waals surface area contributed by atoms with Gasteiger partial charge < -0.3 is 7.97 Å². The van der Waals surface area contributed by atoms with Gasteiger partial charge in [-0.3, -0.25) is 9.21 Å². The topological polar surface area (TPSA) is 73.4 Å². The van der Waals surface area contributed by atoms with Gasteiger partial charge in [0.2, 0.25) is 0 Å². The fraction of sp³-hybridized carbons (Fsp3) is 0.480. The standard InChI is InChI=1S/C25H32FIN4O4S/c1-3-20(4-2)30-16-17-31(36(30,33)34)21-10-11-23(22(26)18-21)28-12-14-29(15-13-28)24(25(32)35-27)19-8-6-5-7-9-19/h5-11,18,20,24H,3-4,12-17H2,1-2H3. The van der Waals surface area contributed by atoms with Crippen molar-refractivity contribution < 1.29 is 20.7 Å². The molecule has 11 heteroatoms. The predicted molar refractivity (Wildman–Crippen MR) is 147 cm³/mol. The molecule has 1 atom stereocenters. The monoisotopic (exact) mass is 630 g/mol. The van der Waals surface area contributed by atoms with E-state index in [9.17, 15) is 13.2 Å². The minimum absolute atomic E-state index is 0.0513. The van der Waals surface area contributed by atoms with E-state index in [-0.39, 0.29) is 12.0 Å². The zero-order chi connectivity index (χ0) is 25.9. The van der Waals surface area contributed by atoms with E-state index < -0.39 is 22.1 Å². The number of anilines is 2. The van der Waals surface area contributed by atoms with Crippen molar-refractivity contribution in [2.45, 2.75) is 38.8 Å². The molecule has 0 amide bonds. The first-order valence-electron chi connectivity index (χ1n) is 12.3. The van der Waals surface area contributed by atoms with E-state index in [0.717, 1.165) is 18.4 Å². The van der Waals surface area contributed by atoms with E-state index in [2.05, 4.69) is 0 Å². The van der Waals surface area contributed by atoms with E-state index in [1.54, 1.807) is 35.1 Å². The van der Waals surface area contributed by atoms with E-state index in [1.807, 2.05) is 54.0 Å². The van der Waals surface area contributed by atoms with E-state index in [0.29, 0.717) is 50.6 Å². The van der Waals surface area contributed by atoms with Crippen molar-refractivity contribution in [1.29, 1.82) is 0 Å². The highest BCUT2D eigenvalue weighted by molar-refractivity contribution is 14.1. The second kappa shape index (κ2) is 11.6. The van der Waals surface area contributed by atoms with Gasteiger partial charge in [-0.2, -0.15) is 12.7 Å². The molecule has 0 N–H and O–H groups in total. The number of halogens is 2. The summed E-state index contributed by atoms with van der Waals surface area (Å²) >= 11 is 1.61. The summed E-state index contributed by atoms with van der Waals surface area (Å²) in [5.74, 6) is -0.788. The molecule has 2 fully saturated rings. The summed E-state index contributed by atoms with van der Waals surface area (Å²) in [5.41, 5.74) is 1.63. The molecular weight excluding hydrogens is 598 g/mol. The average Bonchev–Trinajstić information content (AvgIpc) is 3.20. The number of benzene rings is 2. The Hall–Kier alpha value is -1.96. The van der Waals surface area contributed by atoms with Gasteiger partial charge in [0.05, 0.1) is 11.4 Å². The molecule has 0 bridgehead atoms. The van der Waals surface area contributed by atoms with Crippen LogP contribution in [0.1, 0.15) is 38.3 Å². The quantitative estimate of drug-likeness (QED) is 0.409. The summed E-state index contributed by atoms with van der Waals surface area (Å²) < 4.78 is 49.4. The molecule has 0 aliphatic carbocycles. The highest BCUT2D eigenvalue weighted by Crippen LogP contribution is 2.33. The van der Waals surface area contributed by atoms with Gasteiger partial charge in [-0.25, -0.2) is 9.18 Å². The molecule has 0 aromatic heterocycles. The van der Waals surface area contributed by atoms with Crippen molar-refractivity contribution in [3.8, 4) is 0 Å². The Kier molecular flexibility index (Phi) is 8.74. The number of nitrogens with zero attached hydrogens (tertiary/aromatic N) is 4. The van der Waals surface area contributed by atoms with Crippen LogP contribution in [0.2, 0.25) is 0 Å². The Morgan fingerprint density at radius 1 is 1.00 bits per heavy atom. The Balaban J connectivity index is 1.47. The molecule has 2 aromatic carbocycles. The third kappa shape index (κ3) is 5.34. The van der Waals surface area contributed by atoms with Gasteiger partial charge in [0.25, 0.3) is 0 Å². The van der Waals surface area contributed by atoms with E-state index >= 15 is 4.39 Å². The van der Waals surface area contributed by atoms with Gasteiger partial charge in [-0.1, -0.05) is 44.2 Å². The average molecular weight is 631 g/mol. The molecule has 36 heavy (non-hydrogen) atoms. The number of hydrogen-bond acceptors (Lipinski definition) is 6. The second-order valence-electron chi connectivity index (χ2n) is 9.03. The van der Waals surface area contributed by atoms with Crippen LogP contribution in [0, 0.1) is 5.82 Å². The highest BCUT2D eigenvalue weighted by Gasteiger charge is 2.40. The van der Waals surface area contributed by atoms with Gasteiger partial charge in [0.1, 0.15) is 11.9 Å². The lowest BCUT2D eigenvalue weighted by Gasteiger charge is -2.39. The largest absolute Gasteiger partial charge is 0.393 e. The maximum absolute atomic E-state index is 15.3. The first kappa shape index (κ1) is 27.1. The molecule has 0 radical (unpaired) electrons. The van der Waals surface area contributed by atoms with Gasteiger partial charge in [-0.05, 0) is 30.5 Å². The number of carbonyl (C=O) groups is 1. The van der Waals surface area contributed by atoms with E-state index in [4.69, 9.17) is 3.07 Å². The van der Waals surface area contributed by atoms with Crippen LogP contribution < -0.4 is 9.21 Å². The van der Waals surface area contributed by atoms with Crippen LogP contribution in [0.15, 0.2) is 48.5 Å². The SMILES string of the molecule is CCC(CC)N1CCN(c2ccc(N3CCN(C(C(=O)OI)c4ccccc4)CC3)c(F)c2)S1(=O)=O. The normalized spacial score (nSPS) is 19.6. The molecule has 1 unspecified atom stereocenters. The van der Waals surface area contributed by atoms with Crippen LogP contribution in [0.5, 0.6) is 0 Å². The summed E-state index contributed by atoms with van der Waals surface area (Å²) in [6.45, 7) is 6.83. The fourth-order valence-corrected chi connectivity index (χ4v) is 7.35. The van der Waals surface area contributed by atoms with Crippen molar-refractivity contribution in [1.82, 2.24) is 9.21 Å². The van der Waals surface area contributed by atoms with Crippen molar-refractivity contribution in [3.05, 3.63) is 59.9 Å². The Labute approximate surface area is 226 Å². The smallest absolute Gasteiger partial charge is 0.337 e. The molecule has 196 valence electrons. The van der Waals surface area contributed by atoms with Gasteiger partial charge in [0.15, 0.2) is 23.0 Å². The molecule has 2 aromatic rings. The molecule has 8 nitrogen and oxygen atoms in total. The Morgan fingerprint density at radius 2 is 1.67 bits per heavy atom. The van der Waals surface area contributed by atoms with Gasteiger partial charge in [-0.15, -0.1) is 0 Å². The Morgan fingerprint density at radius 3 is 2.25 bits per heavy atom. The van der Waals surface area contributed by atoms with Crippen LogP contribution in [0.4, 0.5) is 15.8 Å². The molecule has 4 rings (SSSR count). The summed E-state index contributed by atoms with van der Waals surface area (Å²) in [7, 11) is -3.68. The molecule has 2 aliphatic rings. The Bertz CT molecular complexity index is 1160. The maximum atomic E-state index is 15.3. The molecule has 2 aliphatic heterocycles. The second-order valence-corrected chi connectivity index (χ2v) is 11.3.